The fourth-order valence-electron chi connectivity index (χ4n) is 4.31. The summed E-state index contributed by atoms with van der Waals surface area (Å²) in [5.74, 6) is -0.664. The van der Waals surface area contributed by atoms with Crippen LogP contribution in [0.4, 0.5) is 0 Å². The van der Waals surface area contributed by atoms with Gasteiger partial charge in [-0.2, -0.15) is 0 Å². The molecule has 0 rings (SSSR count). The Labute approximate surface area is 193 Å². The highest BCUT2D eigenvalue weighted by Crippen LogP contribution is 2.16. The smallest absolute Gasteiger partial charge is 0.303 e. The fraction of sp³-hybridized carbons (Fsp3) is 0.963. The molecule has 2 atom stereocenters. The Balaban J connectivity index is 3.14. The van der Waals surface area contributed by atoms with Gasteiger partial charge in [0.25, 0.3) is 0 Å². The minimum Gasteiger partial charge on any atom is -0.481 e. The molecule has 0 saturated heterocycles. The van der Waals surface area contributed by atoms with E-state index < -0.39 is 5.97 Å². The largest absolute Gasteiger partial charge is 0.481 e. The molecule has 0 heterocycles. The average Bonchev–Trinajstić information content (AvgIpc) is 2.74. The van der Waals surface area contributed by atoms with E-state index >= 15 is 0 Å². The molecule has 0 aromatic carbocycles. The van der Waals surface area contributed by atoms with Gasteiger partial charge in [0.05, 0.1) is 12.2 Å². The average molecular weight is 443 g/mol. The zero-order chi connectivity index (χ0) is 23.0. The van der Waals surface area contributed by atoms with Gasteiger partial charge < -0.3 is 15.3 Å². The number of hydrogen-bond donors (Lipinski definition) is 3. The molecular formula is C27H54O4. The van der Waals surface area contributed by atoms with E-state index in [1.807, 2.05) is 0 Å². The van der Waals surface area contributed by atoms with Gasteiger partial charge in [-0.3, -0.25) is 4.79 Å². The van der Waals surface area contributed by atoms with E-state index in [-0.39, 0.29) is 12.2 Å². The summed E-state index contributed by atoms with van der Waals surface area (Å²) in [5.41, 5.74) is 0. The Kier molecular flexibility index (Phi) is 23.6. The number of aliphatic hydroxyl groups excluding tert-OH is 2. The molecule has 0 fully saturated rings. The third-order valence-electron chi connectivity index (χ3n) is 6.38. The van der Waals surface area contributed by atoms with Crippen LogP contribution >= 0.6 is 0 Å². The van der Waals surface area contributed by atoms with Crippen molar-refractivity contribution in [3.05, 3.63) is 0 Å². The molecule has 31 heavy (non-hydrogen) atoms. The van der Waals surface area contributed by atoms with Crippen molar-refractivity contribution >= 4 is 5.97 Å². The van der Waals surface area contributed by atoms with Gasteiger partial charge >= 0.3 is 5.97 Å². The third kappa shape index (κ3) is 25.5. The first-order chi connectivity index (χ1) is 15.1. The van der Waals surface area contributed by atoms with Crippen LogP contribution in [0.1, 0.15) is 155 Å². The molecule has 0 bridgehead atoms. The first kappa shape index (κ1) is 30.4. The second kappa shape index (κ2) is 24.0. The molecule has 0 aromatic heterocycles. The number of carbonyl (C=O) groups is 1. The van der Waals surface area contributed by atoms with Crippen LogP contribution in [0.3, 0.4) is 0 Å². The van der Waals surface area contributed by atoms with Gasteiger partial charge in [0.15, 0.2) is 0 Å². The van der Waals surface area contributed by atoms with Gasteiger partial charge in [-0.15, -0.1) is 0 Å². The number of unbranched alkanes of at least 4 members (excludes halogenated alkanes) is 16. The summed E-state index contributed by atoms with van der Waals surface area (Å²) in [4.78, 5) is 10.4. The van der Waals surface area contributed by atoms with Crippen LogP contribution in [0.15, 0.2) is 0 Å². The Bertz CT molecular complexity index is 372. The minimum absolute atomic E-state index is 0.227. The van der Waals surface area contributed by atoms with Crippen molar-refractivity contribution in [2.75, 3.05) is 0 Å². The highest BCUT2D eigenvalue weighted by molar-refractivity contribution is 5.66. The maximum atomic E-state index is 10.4. The molecule has 186 valence electrons. The molecule has 0 aliphatic carbocycles. The predicted octanol–water partition coefficient (Wildman–Crippen LogP) is 7.79. The summed E-state index contributed by atoms with van der Waals surface area (Å²) in [7, 11) is 0. The second-order valence-corrected chi connectivity index (χ2v) is 9.62. The molecule has 4 nitrogen and oxygen atoms in total. The quantitative estimate of drug-likeness (QED) is 0.126. The summed E-state index contributed by atoms with van der Waals surface area (Å²) >= 11 is 0. The van der Waals surface area contributed by atoms with Gasteiger partial charge in [0.2, 0.25) is 0 Å². The summed E-state index contributed by atoms with van der Waals surface area (Å²) in [6.45, 7) is 2.08. The van der Waals surface area contributed by atoms with Crippen molar-refractivity contribution in [1.29, 1.82) is 0 Å². The van der Waals surface area contributed by atoms with E-state index in [1.54, 1.807) is 0 Å². The van der Waals surface area contributed by atoms with E-state index in [0.29, 0.717) is 6.42 Å². The lowest BCUT2D eigenvalue weighted by Crippen LogP contribution is -2.13. The van der Waals surface area contributed by atoms with E-state index in [1.165, 1.54) is 89.9 Å². The molecule has 4 heteroatoms. The summed E-state index contributed by atoms with van der Waals surface area (Å²) < 4.78 is 0. The Morgan fingerprint density at radius 3 is 1.19 bits per heavy atom. The van der Waals surface area contributed by atoms with Crippen molar-refractivity contribution in [3.8, 4) is 0 Å². The number of carboxylic acids is 1. The monoisotopic (exact) mass is 442 g/mol. The van der Waals surface area contributed by atoms with E-state index in [4.69, 9.17) is 5.11 Å². The van der Waals surface area contributed by atoms with Crippen LogP contribution in [0.2, 0.25) is 0 Å². The van der Waals surface area contributed by atoms with Gasteiger partial charge in [-0.1, -0.05) is 116 Å². The number of aliphatic carboxylic acids is 1. The third-order valence-corrected chi connectivity index (χ3v) is 6.38. The number of aliphatic hydroxyl groups is 2. The maximum Gasteiger partial charge on any atom is 0.303 e. The van der Waals surface area contributed by atoms with Crippen molar-refractivity contribution in [2.45, 2.75) is 167 Å². The Hall–Kier alpha value is -0.610. The maximum absolute atomic E-state index is 10.4. The summed E-state index contributed by atoms with van der Waals surface area (Å²) in [5, 5.41) is 28.3. The fourth-order valence-corrected chi connectivity index (χ4v) is 4.31. The zero-order valence-corrected chi connectivity index (χ0v) is 20.7. The molecule has 0 aliphatic heterocycles. The standard InChI is InChI=1S/C27H54O4/c1-2-20-25(28)23-24-26(29)21-18-16-14-12-10-8-6-4-3-5-7-9-11-13-15-17-19-22-27(30)31/h25-26,28-29H,2-24H2,1H3,(H,30,31). The van der Waals surface area contributed by atoms with Crippen molar-refractivity contribution in [1.82, 2.24) is 0 Å². The van der Waals surface area contributed by atoms with Gasteiger partial charge in [0, 0.05) is 6.42 Å². The molecule has 0 saturated carbocycles. The van der Waals surface area contributed by atoms with Crippen molar-refractivity contribution in [2.24, 2.45) is 0 Å². The molecular weight excluding hydrogens is 388 g/mol. The van der Waals surface area contributed by atoms with Gasteiger partial charge in [0.1, 0.15) is 0 Å². The molecule has 0 aromatic rings. The topological polar surface area (TPSA) is 77.8 Å². The second-order valence-electron chi connectivity index (χ2n) is 9.62. The molecule has 0 spiro atoms. The molecule has 2 unspecified atom stereocenters. The van der Waals surface area contributed by atoms with Crippen LogP contribution in [0.5, 0.6) is 0 Å². The minimum atomic E-state index is -0.664. The summed E-state index contributed by atoms with van der Waals surface area (Å²) in [6, 6.07) is 0. The van der Waals surface area contributed by atoms with Crippen LogP contribution in [-0.2, 0) is 4.79 Å². The molecule has 0 radical (unpaired) electrons. The van der Waals surface area contributed by atoms with Crippen LogP contribution in [-0.4, -0.2) is 33.5 Å². The summed E-state index contributed by atoms with van der Waals surface area (Å²) in [6.07, 6.45) is 25.7. The lowest BCUT2D eigenvalue weighted by atomic mass is 10.0. The normalized spacial score (nSPS) is 13.4. The lowest BCUT2D eigenvalue weighted by Gasteiger charge is -2.13. The first-order valence-electron chi connectivity index (χ1n) is 13.6. The predicted molar refractivity (Wildman–Crippen MR) is 132 cm³/mol. The van der Waals surface area contributed by atoms with Crippen LogP contribution in [0, 0.1) is 0 Å². The van der Waals surface area contributed by atoms with Gasteiger partial charge in [-0.25, -0.2) is 0 Å². The van der Waals surface area contributed by atoms with Crippen LogP contribution in [0.25, 0.3) is 0 Å². The molecule has 0 aliphatic rings. The number of hydrogen-bond acceptors (Lipinski definition) is 3. The van der Waals surface area contributed by atoms with E-state index in [2.05, 4.69) is 6.92 Å². The first-order valence-corrected chi connectivity index (χ1v) is 13.6. The van der Waals surface area contributed by atoms with E-state index in [0.717, 1.165) is 51.4 Å². The highest BCUT2D eigenvalue weighted by Gasteiger charge is 2.08. The zero-order valence-electron chi connectivity index (χ0n) is 20.7. The van der Waals surface area contributed by atoms with E-state index in [9.17, 15) is 15.0 Å². The Morgan fingerprint density at radius 2 is 0.839 bits per heavy atom. The lowest BCUT2D eigenvalue weighted by molar-refractivity contribution is -0.137. The van der Waals surface area contributed by atoms with Crippen LogP contribution < -0.4 is 0 Å². The highest BCUT2D eigenvalue weighted by atomic mass is 16.4. The molecule has 3 N–H and O–H groups in total. The van der Waals surface area contributed by atoms with Crippen molar-refractivity contribution in [3.63, 3.8) is 0 Å². The Morgan fingerprint density at radius 1 is 0.516 bits per heavy atom. The van der Waals surface area contributed by atoms with Gasteiger partial charge in [-0.05, 0) is 32.1 Å². The number of rotatable bonds is 25. The SMILES string of the molecule is CCCC(O)CCC(O)CCCCCCCCCCCCCCCCCCCC(=O)O. The van der Waals surface area contributed by atoms with Crippen molar-refractivity contribution < 1.29 is 20.1 Å². The number of carboxylic acid groups (broad SMARTS) is 1. The molecule has 0 amide bonds.